The maximum Gasteiger partial charge on any atom is -0.0323 e. The second-order valence-electron chi connectivity index (χ2n) is 5.92. The molecule has 84 valence electrons. The van der Waals surface area contributed by atoms with E-state index in [1.807, 2.05) is 0 Å². The van der Waals surface area contributed by atoms with Crippen LogP contribution in [0.25, 0.3) is 0 Å². The second-order valence-corrected chi connectivity index (χ2v) is 5.92. The van der Waals surface area contributed by atoms with E-state index >= 15 is 0 Å². The lowest BCUT2D eigenvalue weighted by molar-refractivity contribution is 0.269. The van der Waals surface area contributed by atoms with Crippen molar-refractivity contribution in [2.45, 2.75) is 66.7 Å². The normalized spacial score (nSPS) is 14.1. The summed E-state index contributed by atoms with van der Waals surface area (Å²) in [5.74, 6) is 0.900. The van der Waals surface area contributed by atoms with Gasteiger partial charge in [0, 0.05) is 0 Å². The van der Waals surface area contributed by atoms with E-state index < -0.39 is 0 Å². The monoisotopic (exact) mass is 196 g/mol. The van der Waals surface area contributed by atoms with E-state index in [0.29, 0.717) is 5.41 Å². The Morgan fingerprint density at radius 1 is 1.21 bits per heavy atom. The minimum absolute atomic E-state index is 0.481. The maximum atomic E-state index is 3.98. The Hall–Kier alpha value is -0.260. The van der Waals surface area contributed by atoms with Gasteiger partial charge < -0.3 is 0 Å². The fourth-order valence-electron chi connectivity index (χ4n) is 2.07. The molecule has 1 unspecified atom stereocenters. The summed E-state index contributed by atoms with van der Waals surface area (Å²) in [5.41, 5.74) is 1.81. The third-order valence-electron chi connectivity index (χ3n) is 2.58. The van der Waals surface area contributed by atoms with E-state index in [1.165, 1.54) is 37.7 Å². The Bertz CT molecular complexity index is 159. The molecule has 0 aliphatic heterocycles. The molecular weight excluding hydrogens is 168 g/mol. The van der Waals surface area contributed by atoms with Gasteiger partial charge in [0.05, 0.1) is 0 Å². The molecule has 0 heterocycles. The van der Waals surface area contributed by atoms with Crippen LogP contribution in [0.1, 0.15) is 66.7 Å². The lowest BCUT2D eigenvalue weighted by Gasteiger charge is -2.25. The summed E-state index contributed by atoms with van der Waals surface area (Å²) in [6.07, 6.45) is 6.59. The van der Waals surface area contributed by atoms with E-state index in [2.05, 4.69) is 41.2 Å². The fourth-order valence-corrected chi connectivity index (χ4v) is 2.07. The Morgan fingerprint density at radius 2 is 1.79 bits per heavy atom. The van der Waals surface area contributed by atoms with Crippen molar-refractivity contribution in [2.24, 2.45) is 11.3 Å². The molecule has 0 saturated carbocycles. The average molecular weight is 196 g/mol. The van der Waals surface area contributed by atoms with Gasteiger partial charge in [-0.3, -0.25) is 0 Å². The van der Waals surface area contributed by atoms with E-state index in [9.17, 15) is 0 Å². The topological polar surface area (TPSA) is 0 Å². The van der Waals surface area contributed by atoms with Crippen LogP contribution in [0.2, 0.25) is 0 Å². The first-order valence-electron chi connectivity index (χ1n) is 5.99. The quantitative estimate of drug-likeness (QED) is 0.512. The number of rotatable bonds is 6. The first-order valence-corrected chi connectivity index (χ1v) is 5.99. The van der Waals surface area contributed by atoms with Crippen molar-refractivity contribution in [3.05, 3.63) is 12.2 Å². The van der Waals surface area contributed by atoms with Crippen molar-refractivity contribution in [3.8, 4) is 0 Å². The summed E-state index contributed by atoms with van der Waals surface area (Å²) in [5, 5.41) is 0. The lowest BCUT2D eigenvalue weighted by atomic mass is 9.80. The van der Waals surface area contributed by atoms with Crippen molar-refractivity contribution in [1.29, 1.82) is 0 Å². The molecule has 0 nitrogen and oxygen atoms in total. The molecule has 0 aliphatic rings. The van der Waals surface area contributed by atoms with E-state index in [1.54, 1.807) is 0 Å². The second kappa shape index (κ2) is 6.27. The summed E-state index contributed by atoms with van der Waals surface area (Å²) < 4.78 is 0. The smallest absolute Gasteiger partial charge is 0.0323 e. The Morgan fingerprint density at radius 3 is 2.14 bits per heavy atom. The highest BCUT2D eigenvalue weighted by Gasteiger charge is 2.17. The van der Waals surface area contributed by atoms with Gasteiger partial charge in [0.25, 0.3) is 0 Å². The van der Waals surface area contributed by atoms with Crippen molar-refractivity contribution < 1.29 is 0 Å². The van der Waals surface area contributed by atoms with Crippen LogP contribution in [0.3, 0.4) is 0 Å². The van der Waals surface area contributed by atoms with Crippen LogP contribution in [0.5, 0.6) is 0 Å². The van der Waals surface area contributed by atoms with Gasteiger partial charge in [-0.15, -0.1) is 6.58 Å². The lowest BCUT2D eigenvalue weighted by Crippen LogP contribution is -2.13. The van der Waals surface area contributed by atoms with Gasteiger partial charge in [0.1, 0.15) is 0 Å². The van der Waals surface area contributed by atoms with Crippen molar-refractivity contribution in [1.82, 2.24) is 0 Å². The highest BCUT2D eigenvalue weighted by Crippen LogP contribution is 2.30. The third kappa shape index (κ3) is 8.34. The number of hydrogen-bond acceptors (Lipinski definition) is 0. The SMILES string of the molecule is C=C(C)CCC(CCC)CC(C)(C)C. The van der Waals surface area contributed by atoms with Gasteiger partial charge in [-0.2, -0.15) is 0 Å². The third-order valence-corrected chi connectivity index (χ3v) is 2.58. The molecule has 0 fully saturated rings. The zero-order valence-electron chi connectivity index (χ0n) is 10.8. The largest absolute Gasteiger partial charge is 0.100 e. The van der Waals surface area contributed by atoms with Crippen LogP contribution in [0.4, 0.5) is 0 Å². The highest BCUT2D eigenvalue weighted by atomic mass is 14.2. The predicted molar refractivity (Wildman–Crippen MR) is 66.5 cm³/mol. The zero-order chi connectivity index (χ0) is 11.2. The molecule has 0 radical (unpaired) electrons. The predicted octanol–water partition coefficient (Wildman–Crippen LogP) is 5.20. The molecule has 0 aromatic rings. The minimum atomic E-state index is 0.481. The van der Waals surface area contributed by atoms with Crippen molar-refractivity contribution >= 4 is 0 Å². The number of hydrogen-bond donors (Lipinski definition) is 0. The molecule has 1 atom stereocenters. The molecule has 0 aromatic heterocycles. The summed E-state index contributed by atoms with van der Waals surface area (Å²) in [6, 6.07) is 0. The molecule has 0 N–H and O–H groups in total. The van der Waals surface area contributed by atoms with Crippen LogP contribution in [-0.2, 0) is 0 Å². The molecule has 0 rings (SSSR count). The standard InChI is InChI=1S/C14H28/c1-7-8-13(10-9-12(2)3)11-14(4,5)6/h13H,2,7-11H2,1,3-6H3. The Kier molecular flexibility index (Phi) is 6.15. The van der Waals surface area contributed by atoms with Gasteiger partial charge in [-0.25, -0.2) is 0 Å². The number of allylic oxidation sites excluding steroid dienone is 1. The summed E-state index contributed by atoms with van der Waals surface area (Å²) in [6.45, 7) is 15.4. The van der Waals surface area contributed by atoms with Crippen molar-refractivity contribution in [2.75, 3.05) is 0 Å². The molecule has 0 aromatic carbocycles. The van der Waals surface area contributed by atoms with Crippen LogP contribution in [0, 0.1) is 11.3 Å². The Labute approximate surface area is 90.8 Å². The summed E-state index contributed by atoms with van der Waals surface area (Å²) >= 11 is 0. The molecule has 0 heteroatoms. The van der Waals surface area contributed by atoms with E-state index in [-0.39, 0.29) is 0 Å². The molecule has 0 saturated heterocycles. The molecule has 0 spiro atoms. The van der Waals surface area contributed by atoms with E-state index in [0.717, 1.165) is 5.92 Å². The van der Waals surface area contributed by atoms with Crippen molar-refractivity contribution in [3.63, 3.8) is 0 Å². The van der Waals surface area contributed by atoms with Gasteiger partial charge in [-0.05, 0) is 37.5 Å². The molecule has 0 bridgehead atoms. The molecular formula is C14H28. The first-order chi connectivity index (χ1) is 6.35. The Balaban J connectivity index is 3.95. The molecule has 0 amide bonds. The summed E-state index contributed by atoms with van der Waals surface area (Å²) in [7, 11) is 0. The minimum Gasteiger partial charge on any atom is -0.100 e. The fraction of sp³-hybridized carbons (Fsp3) is 0.857. The van der Waals surface area contributed by atoms with Gasteiger partial charge in [0.2, 0.25) is 0 Å². The van der Waals surface area contributed by atoms with Gasteiger partial charge in [0.15, 0.2) is 0 Å². The summed E-state index contributed by atoms with van der Waals surface area (Å²) in [4.78, 5) is 0. The van der Waals surface area contributed by atoms with Crippen LogP contribution >= 0.6 is 0 Å². The zero-order valence-corrected chi connectivity index (χ0v) is 10.8. The first kappa shape index (κ1) is 13.7. The van der Waals surface area contributed by atoms with Gasteiger partial charge in [-0.1, -0.05) is 46.1 Å². The van der Waals surface area contributed by atoms with Crippen LogP contribution < -0.4 is 0 Å². The molecule has 14 heavy (non-hydrogen) atoms. The average Bonchev–Trinajstić information content (AvgIpc) is 1.98. The highest BCUT2D eigenvalue weighted by molar-refractivity contribution is 4.88. The van der Waals surface area contributed by atoms with E-state index in [4.69, 9.17) is 0 Å². The van der Waals surface area contributed by atoms with Crippen LogP contribution in [-0.4, -0.2) is 0 Å². The molecule has 0 aliphatic carbocycles. The maximum absolute atomic E-state index is 3.98. The van der Waals surface area contributed by atoms with Gasteiger partial charge >= 0.3 is 0 Å². The van der Waals surface area contributed by atoms with Crippen LogP contribution in [0.15, 0.2) is 12.2 Å².